The van der Waals surface area contributed by atoms with E-state index < -0.39 is 0 Å². The van der Waals surface area contributed by atoms with Crippen LogP contribution in [0.5, 0.6) is 5.75 Å². The monoisotopic (exact) mass is 360 g/mol. The van der Waals surface area contributed by atoms with E-state index in [0.29, 0.717) is 0 Å². The zero-order chi connectivity index (χ0) is 17.1. The molecule has 4 nitrogen and oxygen atoms in total. The Labute approximate surface area is 155 Å². The zero-order valence-corrected chi connectivity index (χ0v) is 15.7. The second-order valence-electron chi connectivity index (χ2n) is 6.33. The normalized spacial score (nSPS) is 13.2. The van der Waals surface area contributed by atoms with Crippen LogP contribution in [-0.2, 0) is 12.8 Å². The molecule has 5 heteroatoms. The van der Waals surface area contributed by atoms with Gasteiger partial charge in [0.1, 0.15) is 5.75 Å². The van der Waals surface area contributed by atoms with E-state index in [-0.39, 0.29) is 24.4 Å². The lowest BCUT2D eigenvalue weighted by Crippen LogP contribution is -2.36. The van der Waals surface area contributed by atoms with Crippen molar-refractivity contribution < 1.29 is 9.53 Å². The van der Waals surface area contributed by atoms with Crippen LogP contribution in [0.4, 0.5) is 5.69 Å². The van der Waals surface area contributed by atoms with Gasteiger partial charge in [-0.1, -0.05) is 18.2 Å². The summed E-state index contributed by atoms with van der Waals surface area (Å²) in [7, 11) is 3.55. The zero-order valence-electron chi connectivity index (χ0n) is 14.9. The predicted molar refractivity (Wildman–Crippen MR) is 104 cm³/mol. The Morgan fingerprint density at radius 1 is 1.28 bits per heavy atom. The van der Waals surface area contributed by atoms with Crippen LogP contribution in [0.2, 0.25) is 0 Å². The fraction of sp³-hybridized carbons (Fsp3) is 0.350. The summed E-state index contributed by atoms with van der Waals surface area (Å²) >= 11 is 0. The number of likely N-dealkylation sites (N-methyl/N-ethyl adjacent to an activating group) is 1. The molecule has 2 aromatic rings. The molecule has 0 aliphatic carbocycles. The number of para-hydroxylation sites is 1. The minimum Gasteiger partial charge on any atom is -0.496 e. The molecule has 0 saturated carbocycles. The molecular weight excluding hydrogens is 336 g/mol. The summed E-state index contributed by atoms with van der Waals surface area (Å²) in [6.07, 6.45) is 1.75. The number of rotatable bonds is 5. The quantitative estimate of drug-likeness (QED) is 0.882. The number of amides is 1. The Bertz CT molecular complexity index is 748. The van der Waals surface area contributed by atoms with Crippen molar-refractivity contribution in [1.29, 1.82) is 0 Å². The van der Waals surface area contributed by atoms with Crippen LogP contribution in [0, 0.1) is 0 Å². The fourth-order valence-electron chi connectivity index (χ4n) is 3.17. The number of fused-ring (bicyclic) bond motifs is 1. The summed E-state index contributed by atoms with van der Waals surface area (Å²) in [5.74, 6) is 0.931. The first-order chi connectivity index (χ1) is 11.6. The van der Waals surface area contributed by atoms with E-state index in [0.717, 1.165) is 42.0 Å². The van der Waals surface area contributed by atoms with Crippen molar-refractivity contribution in [2.75, 3.05) is 26.0 Å². The third kappa shape index (κ3) is 4.07. The van der Waals surface area contributed by atoms with Crippen molar-refractivity contribution in [2.45, 2.75) is 25.8 Å². The Balaban J connectivity index is 0.00000225. The van der Waals surface area contributed by atoms with Crippen LogP contribution in [0.1, 0.15) is 28.4 Å². The molecule has 1 N–H and O–H groups in total. The summed E-state index contributed by atoms with van der Waals surface area (Å²) < 4.78 is 5.41. The molecule has 0 radical (unpaired) electrons. The molecule has 1 aliphatic rings. The molecule has 1 heterocycles. The molecule has 25 heavy (non-hydrogen) atoms. The largest absolute Gasteiger partial charge is 0.496 e. The highest BCUT2D eigenvalue weighted by Crippen LogP contribution is 2.25. The Morgan fingerprint density at radius 3 is 2.80 bits per heavy atom. The molecule has 2 aromatic carbocycles. The average molecular weight is 361 g/mol. The van der Waals surface area contributed by atoms with Crippen molar-refractivity contribution in [3.63, 3.8) is 0 Å². The number of hydrogen-bond acceptors (Lipinski definition) is 3. The molecule has 0 fully saturated rings. The second kappa shape index (κ2) is 8.26. The number of carbonyl (C=O) groups excluding carboxylic acids is 1. The first-order valence-electron chi connectivity index (χ1n) is 8.36. The molecule has 0 saturated heterocycles. The highest BCUT2D eigenvalue weighted by Gasteiger charge is 2.20. The van der Waals surface area contributed by atoms with E-state index in [2.05, 4.69) is 18.3 Å². The highest BCUT2D eigenvalue weighted by molar-refractivity contribution is 5.95. The van der Waals surface area contributed by atoms with Crippen LogP contribution in [0.25, 0.3) is 0 Å². The Morgan fingerprint density at radius 2 is 2.04 bits per heavy atom. The maximum absolute atomic E-state index is 12.8. The smallest absolute Gasteiger partial charge is 0.253 e. The molecule has 1 aliphatic heterocycles. The number of ether oxygens (including phenoxy) is 1. The highest BCUT2D eigenvalue weighted by atomic mass is 35.5. The summed E-state index contributed by atoms with van der Waals surface area (Å²) in [4.78, 5) is 14.6. The summed E-state index contributed by atoms with van der Waals surface area (Å²) in [5, 5.41) is 3.32. The molecule has 134 valence electrons. The van der Waals surface area contributed by atoms with Gasteiger partial charge < -0.3 is 15.0 Å². The number of halogens is 1. The van der Waals surface area contributed by atoms with Gasteiger partial charge in [-0.2, -0.15) is 0 Å². The van der Waals surface area contributed by atoms with Gasteiger partial charge in [0.15, 0.2) is 0 Å². The SMILES string of the molecule is COc1ccccc1CC(C)N(C)C(=O)c1ccc2c(c1)CCN2.Cl. The van der Waals surface area contributed by atoms with Gasteiger partial charge in [-0.3, -0.25) is 4.79 Å². The second-order valence-corrected chi connectivity index (χ2v) is 6.33. The first-order valence-corrected chi connectivity index (χ1v) is 8.36. The molecule has 0 bridgehead atoms. The van der Waals surface area contributed by atoms with Crippen molar-refractivity contribution in [3.05, 3.63) is 59.2 Å². The number of carbonyl (C=O) groups is 1. The van der Waals surface area contributed by atoms with E-state index in [1.54, 1.807) is 7.11 Å². The molecule has 0 aromatic heterocycles. The van der Waals surface area contributed by atoms with Gasteiger partial charge in [-0.05, 0) is 55.2 Å². The summed E-state index contributed by atoms with van der Waals surface area (Å²) in [6.45, 7) is 3.02. The minimum atomic E-state index is 0. The van der Waals surface area contributed by atoms with Crippen LogP contribution in [-0.4, -0.2) is 37.6 Å². The lowest BCUT2D eigenvalue weighted by Gasteiger charge is -2.26. The topological polar surface area (TPSA) is 41.6 Å². The third-order valence-corrected chi connectivity index (χ3v) is 4.75. The van der Waals surface area contributed by atoms with Gasteiger partial charge in [0.2, 0.25) is 0 Å². The fourth-order valence-corrected chi connectivity index (χ4v) is 3.17. The number of methoxy groups -OCH3 is 1. The minimum absolute atomic E-state index is 0. The molecule has 1 amide bonds. The first kappa shape index (κ1) is 19.1. The van der Waals surface area contributed by atoms with Gasteiger partial charge in [0.05, 0.1) is 7.11 Å². The summed E-state index contributed by atoms with van der Waals surface area (Å²) in [6, 6.07) is 14.0. The van der Waals surface area contributed by atoms with Gasteiger partial charge in [-0.15, -0.1) is 12.4 Å². The van der Waals surface area contributed by atoms with Crippen LogP contribution in [0.15, 0.2) is 42.5 Å². The van der Waals surface area contributed by atoms with Crippen LogP contribution >= 0.6 is 12.4 Å². The molecule has 1 unspecified atom stereocenters. The van der Waals surface area contributed by atoms with E-state index >= 15 is 0 Å². The van der Waals surface area contributed by atoms with Gasteiger partial charge >= 0.3 is 0 Å². The van der Waals surface area contributed by atoms with Crippen molar-refractivity contribution in [3.8, 4) is 5.75 Å². The predicted octanol–water partition coefficient (Wildman–Crippen LogP) is 3.79. The van der Waals surface area contributed by atoms with Gasteiger partial charge in [0, 0.05) is 30.9 Å². The standard InChI is InChI=1S/C20H24N2O2.ClH/c1-14(12-16-6-4-5-7-19(16)24-3)22(2)20(23)17-8-9-18-15(13-17)10-11-21-18;/h4-9,13-14,21H,10-12H2,1-3H3;1H. The molecule has 1 atom stereocenters. The number of nitrogens with one attached hydrogen (secondary N) is 1. The maximum atomic E-state index is 12.8. The van der Waals surface area contributed by atoms with Crippen molar-refractivity contribution in [1.82, 2.24) is 4.90 Å². The lowest BCUT2D eigenvalue weighted by atomic mass is 10.0. The third-order valence-electron chi connectivity index (χ3n) is 4.75. The number of benzene rings is 2. The van der Waals surface area contributed by atoms with E-state index in [1.807, 2.05) is 48.3 Å². The van der Waals surface area contributed by atoms with Crippen molar-refractivity contribution >= 4 is 24.0 Å². The van der Waals surface area contributed by atoms with Crippen LogP contribution in [0.3, 0.4) is 0 Å². The number of anilines is 1. The van der Waals surface area contributed by atoms with Crippen LogP contribution < -0.4 is 10.1 Å². The molecule has 3 rings (SSSR count). The Hall–Kier alpha value is -2.20. The average Bonchev–Trinajstić information content (AvgIpc) is 3.08. The Kier molecular flexibility index (Phi) is 6.32. The number of hydrogen-bond donors (Lipinski definition) is 1. The van der Waals surface area contributed by atoms with Gasteiger partial charge in [0.25, 0.3) is 5.91 Å². The van der Waals surface area contributed by atoms with Gasteiger partial charge in [-0.25, -0.2) is 0 Å². The summed E-state index contributed by atoms with van der Waals surface area (Å²) in [5.41, 5.74) is 4.25. The number of nitrogens with zero attached hydrogens (tertiary/aromatic N) is 1. The van der Waals surface area contributed by atoms with E-state index in [4.69, 9.17) is 4.74 Å². The van der Waals surface area contributed by atoms with E-state index in [9.17, 15) is 4.79 Å². The lowest BCUT2D eigenvalue weighted by molar-refractivity contribution is 0.0743. The molecule has 0 spiro atoms. The molecular formula is C20H25ClN2O2. The van der Waals surface area contributed by atoms with Crippen molar-refractivity contribution in [2.24, 2.45) is 0 Å². The van der Waals surface area contributed by atoms with E-state index in [1.165, 1.54) is 5.56 Å². The maximum Gasteiger partial charge on any atom is 0.253 e.